The van der Waals surface area contributed by atoms with Gasteiger partial charge in [0, 0.05) is 18.2 Å². The quantitative estimate of drug-likeness (QED) is 0.885. The van der Waals surface area contributed by atoms with Gasteiger partial charge in [-0.2, -0.15) is 0 Å². The highest BCUT2D eigenvalue weighted by molar-refractivity contribution is 5.51. The minimum Gasteiger partial charge on any atom is -0.507 e. The first kappa shape index (κ1) is 11.9. The first-order valence-corrected chi connectivity index (χ1v) is 6.12. The van der Waals surface area contributed by atoms with E-state index < -0.39 is 0 Å². The lowest BCUT2D eigenvalue weighted by Crippen LogP contribution is -2.17. The van der Waals surface area contributed by atoms with Gasteiger partial charge >= 0.3 is 0 Å². The van der Waals surface area contributed by atoms with Gasteiger partial charge in [0.15, 0.2) is 11.5 Å². The monoisotopic (exact) mass is 261 g/mol. The number of ether oxygens (including phenoxy) is 2. The Balaban J connectivity index is 1.70. The summed E-state index contributed by atoms with van der Waals surface area (Å²) in [5, 5.41) is 13.2. The molecule has 1 aromatic heterocycles. The highest BCUT2D eigenvalue weighted by Gasteiger charge is 2.17. The molecule has 2 heterocycles. The van der Waals surface area contributed by atoms with Gasteiger partial charge in [-0.05, 0) is 25.1 Å². The molecular formula is C14H15NO4. The van der Waals surface area contributed by atoms with Gasteiger partial charge in [0.05, 0.1) is 12.3 Å². The Bertz CT molecular complexity index is 565. The molecule has 5 nitrogen and oxygen atoms in total. The number of rotatable bonds is 4. The van der Waals surface area contributed by atoms with Crippen molar-refractivity contribution < 1.29 is 19.0 Å². The second-order valence-electron chi connectivity index (χ2n) is 4.45. The fraction of sp³-hybridized carbons (Fsp3) is 0.286. The maximum Gasteiger partial charge on any atom is 0.231 e. The zero-order chi connectivity index (χ0) is 13.2. The molecule has 0 aliphatic carbocycles. The normalized spacial score (nSPS) is 14.6. The van der Waals surface area contributed by atoms with Crippen molar-refractivity contribution in [1.29, 1.82) is 0 Å². The summed E-state index contributed by atoms with van der Waals surface area (Å²) in [7, 11) is 0. The summed E-state index contributed by atoms with van der Waals surface area (Å²) in [6.45, 7) is 2.72. The summed E-state index contributed by atoms with van der Waals surface area (Å²) in [4.78, 5) is 0. The van der Waals surface area contributed by atoms with Crippen LogP contribution in [0.3, 0.4) is 0 Å². The van der Waals surface area contributed by atoms with Gasteiger partial charge in [-0.15, -0.1) is 0 Å². The van der Waals surface area contributed by atoms with Gasteiger partial charge in [-0.3, -0.25) is 0 Å². The predicted molar refractivity (Wildman–Crippen MR) is 68.2 cm³/mol. The van der Waals surface area contributed by atoms with Gasteiger partial charge in [-0.1, -0.05) is 0 Å². The van der Waals surface area contributed by atoms with Crippen LogP contribution in [-0.4, -0.2) is 11.9 Å². The van der Waals surface area contributed by atoms with E-state index in [-0.39, 0.29) is 18.6 Å². The summed E-state index contributed by atoms with van der Waals surface area (Å²) in [5.74, 6) is 2.31. The largest absolute Gasteiger partial charge is 0.507 e. The molecular weight excluding hydrogens is 246 g/mol. The van der Waals surface area contributed by atoms with E-state index in [0.29, 0.717) is 18.0 Å². The molecule has 0 fully saturated rings. The van der Waals surface area contributed by atoms with E-state index in [0.717, 1.165) is 11.3 Å². The van der Waals surface area contributed by atoms with Gasteiger partial charge in [0.25, 0.3) is 0 Å². The average Bonchev–Trinajstić information content (AvgIpc) is 3.06. The van der Waals surface area contributed by atoms with Crippen LogP contribution >= 0.6 is 0 Å². The van der Waals surface area contributed by atoms with Crippen molar-refractivity contribution >= 4 is 0 Å². The topological polar surface area (TPSA) is 63.9 Å². The molecule has 0 unspecified atom stereocenters. The number of furan rings is 1. The van der Waals surface area contributed by atoms with Crippen LogP contribution in [0.4, 0.5) is 0 Å². The van der Waals surface area contributed by atoms with Crippen LogP contribution in [0, 0.1) is 0 Å². The Hall–Kier alpha value is -2.14. The lowest BCUT2D eigenvalue weighted by molar-refractivity contribution is 0.174. The molecule has 0 spiro atoms. The van der Waals surface area contributed by atoms with Crippen molar-refractivity contribution in [3.05, 3.63) is 41.9 Å². The first-order valence-electron chi connectivity index (χ1n) is 6.12. The van der Waals surface area contributed by atoms with E-state index in [1.807, 2.05) is 19.1 Å². The van der Waals surface area contributed by atoms with Gasteiger partial charge in [-0.25, -0.2) is 0 Å². The molecule has 0 amide bonds. The van der Waals surface area contributed by atoms with E-state index in [9.17, 15) is 5.11 Å². The van der Waals surface area contributed by atoms with Crippen molar-refractivity contribution in [1.82, 2.24) is 5.32 Å². The van der Waals surface area contributed by atoms with Gasteiger partial charge in [0.2, 0.25) is 6.79 Å². The van der Waals surface area contributed by atoms with Crippen LogP contribution in [0.1, 0.15) is 24.3 Å². The summed E-state index contributed by atoms with van der Waals surface area (Å²) < 4.78 is 15.8. The Morgan fingerprint density at radius 3 is 2.84 bits per heavy atom. The van der Waals surface area contributed by atoms with Crippen molar-refractivity contribution in [2.75, 3.05) is 6.79 Å². The fourth-order valence-electron chi connectivity index (χ4n) is 2.02. The summed E-state index contributed by atoms with van der Waals surface area (Å²) >= 11 is 0. The molecule has 1 aromatic carbocycles. The van der Waals surface area contributed by atoms with Gasteiger partial charge < -0.3 is 24.3 Å². The lowest BCUT2D eigenvalue weighted by Gasteiger charge is -2.12. The molecule has 5 heteroatoms. The highest BCUT2D eigenvalue weighted by atomic mass is 16.7. The molecule has 2 N–H and O–H groups in total. The Morgan fingerprint density at radius 1 is 1.32 bits per heavy atom. The SMILES string of the molecule is C[C@H](NCc1cc2c(cc1O)OCO2)c1ccco1. The Kier molecular flexibility index (Phi) is 3.05. The molecule has 1 aliphatic heterocycles. The smallest absolute Gasteiger partial charge is 0.231 e. The van der Waals surface area contributed by atoms with E-state index >= 15 is 0 Å². The third-order valence-corrected chi connectivity index (χ3v) is 3.14. The molecule has 100 valence electrons. The zero-order valence-electron chi connectivity index (χ0n) is 10.6. The maximum absolute atomic E-state index is 9.92. The van der Waals surface area contributed by atoms with Gasteiger partial charge in [0.1, 0.15) is 11.5 Å². The second kappa shape index (κ2) is 4.85. The third kappa shape index (κ3) is 2.37. The highest BCUT2D eigenvalue weighted by Crippen LogP contribution is 2.37. The molecule has 0 saturated heterocycles. The van der Waals surface area contributed by atoms with Crippen LogP contribution in [0.15, 0.2) is 34.9 Å². The average molecular weight is 261 g/mol. The van der Waals surface area contributed by atoms with Crippen LogP contribution in [0.2, 0.25) is 0 Å². The first-order chi connectivity index (χ1) is 9.24. The van der Waals surface area contributed by atoms with E-state index in [1.165, 1.54) is 0 Å². The molecule has 19 heavy (non-hydrogen) atoms. The maximum atomic E-state index is 9.92. The Labute approximate surface area is 110 Å². The summed E-state index contributed by atoms with van der Waals surface area (Å²) in [6, 6.07) is 7.21. The Morgan fingerprint density at radius 2 is 2.11 bits per heavy atom. The molecule has 0 saturated carbocycles. The number of benzene rings is 1. The molecule has 1 aliphatic rings. The number of nitrogens with one attached hydrogen (secondary N) is 1. The minimum atomic E-state index is 0.0693. The van der Waals surface area contributed by atoms with E-state index in [4.69, 9.17) is 13.9 Å². The van der Waals surface area contributed by atoms with Crippen LogP contribution in [0.25, 0.3) is 0 Å². The third-order valence-electron chi connectivity index (χ3n) is 3.14. The summed E-state index contributed by atoms with van der Waals surface area (Å²) in [6.07, 6.45) is 1.64. The zero-order valence-corrected chi connectivity index (χ0v) is 10.6. The molecule has 0 radical (unpaired) electrons. The number of hydrogen-bond donors (Lipinski definition) is 2. The van der Waals surface area contributed by atoms with Crippen molar-refractivity contribution in [2.24, 2.45) is 0 Å². The van der Waals surface area contributed by atoms with Crippen LogP contribution in [-0.2, 0) is 6.54 Å². The van der Waals surface area contributed by atoms with Crippen molar-refractivity contribution in [3.8, 4) is 17.2 Å². The van der Waals surface area contributed by atoms with Crippen molar-refractivity contribution in [3.63, 3.8) is 0 Å². The molecule has 1 atom stereocenters. The second-order valence-corrected chi connectivity index (χ2v) is 4.45. The number of phenolic OH excluding ortho intramolecular Hbond substituents is 1. The molecule has 3 rings (SSSR count). The van der Waals surface area contributed by atoms with Crippen LogP contribution in [0.5, 0.6) is 17.2 Å². The van der Waals surface area contributed by atoms with Crippen LogP contribution < -0.4 is 14.8 Å². The minimum absolute atomic E-state index is 0.0693. The van der Waals surface area contributed by atoms with E-state index in [2.05, 4.69) is 5.32 Å². The number of phenols is 1. The number of fused-ring (bicyclic) bond motifs is 1. The number of aromatic hydroxyl groups is 1. The fourth-order valence-corrected chi connectivity index (χ4v) is 2.02. The van der Waals surface area contributed by atoms with Crippen molar-refractivity contribution in [2.45, 2.75) is 19.5 Å². The number of hydrogen-bond acceptors (Lipinski definition) is 5. The molecule has 2 aromatic rings. The van der Waals surface area contributed by atoms with E-state index in [1.54, 1.807) is 18.4 Å². The predicted octanol–water partition coefficient (Wildman–Crippen LogP) is 2.56. The summed E-state index contributed by atoms with van der Waals surface area (Å²) in [5.41, 5.74) is 0.766. The lowest BCUT2D eigenvalue weighted by atomic mass is 10.1. The molecule has 0 bridgehead atoms. The standard InChI is InChI=1S/C14H15NO4/c1-9(12-3-2-4-17-12)15-7-10-5-13-14(6-11(10)16)19-8-18-13/h2-6,9,15-16H,7-8H2,1H3/t9-/m0/s1.